The molecule has 1 fully saturated rings. The Morgan fingerprint density at radius 1 is 1.29 bits per heavy atom. The summed E-state index contributed by atoms with van der Waals surface area (Å²) in [6.45, 7) is 1.82. The van der Waals surface area contributed by atoms with Gasteiger partial charge < -0.3 is 10.1 Å². The highest BCUT2D eigenvalue weighted by atomic mass is 32.2. The average Bonchev–Trinajstić information content (AvgIpc) is 2.40. The molecule has 0 unspecified atom stereocenters. The molecular formula is C13H17NO2S. The Morgan fingerprint density at radius 3 is 2.53 bits per heavy atom. The maximum Gasteiger partial charge on any atom is 0.314 e. The zero-order chi connectivity index (χ0) is 12.1. The van der Waals surface area contributed by atoms with E-state index in [1.807, 2.05) is 30.5 Å². The molecular weight excluding hydrogens is 234 g/mol. The van der Waals surface area contributed by atoms with Gasteiger partial charge in [0, 0.05) is 4.90 Å². The van der Waals surface area contributed by atoms with Crippen LogP contribution in [0.15, 0.2) is 29.2 Å². The molecule has 0 atom stereocenters. The fourth-order valence-corrected chi connectivity index (χ4v) is 2.31. The van der Waals surface area contributed by atoms with E-state index in [1.54, 1.807) is 11.8 Å². The maximum absolute atomic E-state index is 11.9. The summed E-state index contributed by atoms with van der Waals surface area (Å²) in [6.07, 6.45) is 3.78. The molecule has 1 aliphatic rings. The van der Waals surface area contributed by atoms with Gasteiger partial charge in [-0.25, -0.2) is 0 Å². The second-order valence-corrected chi connectivity index (χ2v) is 5.00. The number of thioether (sulfide) groups is 1. The van der Waals surface area contributed by atoms with Crippen molar-refractivity contribution in [2.45, 2.75) is 17.7 Å². The molecule has 4 heteroatoms. The van der Waals surface area contributed by atoms with Gasteiger partial charge in [0.25, 0.3) is 0 Å². The van der Waals surface area contributed by atoms with Crippen LogP contribution in [0.25, 0.3) is 0 Å². The molecule has 0 saturated carbocycles. The first-order valence-corrected chi connectivity index (χ1v) is 7.08. The van der Waals surface area contributed by atoms with Crippen molar-refractivity contribution in [3.05, 3.63) is 24.3 Å². The van der Waals surface area contributed by atoms with Gasteiger partial charge >= 0.3 is 5.97 Å². The van der Waals surface area contributed by atoms with Crippen molar-refractivity contribution in [3.8, 4) is 5.75 Å². The van der Waals surface area contributed by atoms with Crippen LogP contribution in [-0.4, -0.2) is 25.3 Å². The van der Waals surface area contributed by atoms with Gasteiger partial charge in [-0.3, -0.25) is 4.79 Å². The third kappa shape index (κ3) is 3.48. The zero-order valence-corrected chi connectivity index (χ0v) is 10.8. The van der Waals surface area contributed by atoms with E-state index in [0.717, 1.165) is 25.9 Å². The SMILES string of the molecule is CSc1ccc(OC(=O)C2CCNCC2)cc1. The number of nitrogens with one attached hydrogen (secondary N) is 1. The summed E-state index contributed by atoms with van der Waals surface area (Å²) in [5.41, 5.74) is 0. The fourth-order valence-electron chi connectivity index (χ4n) is 1.90. The van der Waals surface area contributed by atoms with Gasteiger partial charge in [0.2, 0.25) is 0 Å². The predicted octanol–water partition coefficient (Wildman–Crippen LogP) is 2.31. The minimum absolute atomic E-state index is 0.0523. The monoisotopic (exact) mass is 251 g/mol. The van der Waals surface area contributed by atoms with Crippen LogP contribution in [0.4, 0.5) is 0 Å². The van der Waals surface area contributed by atoms with Crippen molar-refractivity contribution in [1.82, 2.24) is 5.32 Å². The largest absolute Gasteiger partial charge is 0.426 e. The first kappa shape index (κ1) is 12.5. The molecule has 0 amide bonds. The first-order valence-electron chi connectivity index (χ1n) is 5.86. The predicted molar refractivity (Wildman–Crippen MR) is 69.5 cm³/mol. The van der Waals surface area contributed by atoms with Gasteiger partial charge in [-0.1, -0.05) is 0 Å². The van der Waals surface area contributed by atoms with Crippen LogP contribution in [-0.2, 0) is 4.79 Å². The third-order valence-corrected chi connectivity index (χ3v) is 3.69. The van der Waals surface area contributed by atoms with Crippen molar-refractivity contribution < 1.29 is 9.53 Å². The molecule has 1 aromatic carbocycles. The van der Waals surface area contributed by atoms with E-state index in [1.165, 1.54) is 4.90 Å². The zero-order valence-electron chi connectivity index (χ0n) is 9.94. The highest BCUT2D eigenvalue weighted by molar-refractivity contribution is 7.98. The molecule has 2 rings (SSSR count). The Hall–Kier alpha value is -1.00. The molecule has 1 aromatic rings. The number of esters is 1. The Balaban J connectivity index is 1.92. The van der Waals surface area contributed by atoms with Crippen molar-refractivity contribution >= 4 is 17.7 Å². The van der Waals surface area contributed by atoms with Crippen LogP contribution in [0.5, 0.6) is 5.75 Å². The number of hydrogen-bond acceptors (Lipinski definition) is 4. The molecule has 3 nitrogen and oxygen atoms in total. The molecule has 1 N–H and O–H groups in total. The van der Waals surface area contributed by atoms with E-state index in [4.69, 9.17) is 4.74 Å². The van der Waals surface area contributed by atoms with Gasteiger partial charge in [0.05, 0.1) is 5.92 Å². The molecule has 0 spiro atoms. The second-order valence-electron chi connectivity index (χ2n) is 4.12. The summed E-state index contributed by atoms with van der Waals surface area (Å²) in [6, 6.07) is 7.64. The lowest BCUT2D eigenvalue weighted by Gasteiger charge is -2.20. The molecule has 92 valence electrons. The molecule has 0 aliphatic carbocycles. The van der Waals surface area contributed by atoms with Crippen LogP contribution < -0.4 is 10.1 Å². The quantitative estimate of drug-likeness (QED) is 0.508. The van der Waals surface area contributed by atoms with Gasteiger partial charge in [-0.05, 0) is 56.5 Å². The molecule has 1 aliphatic heterocycles. The lowest BCUT2D eigenvalue weighted by Crippen LogP contribution is -2.33. The third-order valence-electron chi connectivity index (χ3n) is 2.95. The highest BCUT2D eigenvalue weighted by Gasteiger charge is 2.22. The molecule has 0 bridgehead atoms. The molecule has 17 heavy (non-hydrogen) atoms. The smallest absolute Gasteiger partial charge is 0.314 e. The topological polar surface area (TPSA) is 38.3 Å². The van der Waals surface area contributed by atoms with Gasteiger partial charge in [-0.15, -0.1) is 11.8 Å². The normalized spacial score (nSPS) is 16.8. The van der Waals surface area contributed by atoms with Gasteiger partial charge in [0.15, 0.2) is 0 Å². The number of ether oxygens (including phenoxy) is 1. The molecule has 1 saturated heterocycles. The number of rotatable bonds is 3. The molecule has 1 heterocycles. The summed E-state index contributed by atoms with van der Waals surface area (Å²) in [4.78, 5) is 13.0. The van der Waals surface area contributed by atoms with Gasteiger partial charge in [0.1, 0.15) is 5.75 Å². The maximum atomic E-state index is 11.9. The summed E-state index contributed by atoms with van der Waals surface area (Å²) in [5, 5.41) is 3.24. The summed E-state index contributed by atoms with van der Waals surface area (Å²) in [7, 11) is 0. The molecule has 0 radical (unpaired) electrons. The molecule has 0 aromatic heterocycles. The van der Waals surface area contributed by atoms with E-state index in [0.29, 0.717) is 5.75 Å². The van der Waals surface area contributed by atoms with Crippen LogP contribution in [0.1, 0.15) is 12.8 Å². The Morgan fingerprint density at radius 2 is 1.94 bits per heavy atom. The average molecular weight is 251 g/mol. The number of carbonyl (C=O) groups is 1. The van der Waals surface area contributed by atoms with Crippen LogP contribution in [0.3, 0.4) is 0 Å². The fraction of sp³-hybridized carbons (Fsp3) is 0.462. The number of carbonyl (C=O) groups excluding carboxylic acids is 1. The summed E-state index contributed by atoms with van der Waals surface area (Å²) in [5.74, 6) is 0.603. The lowest BCUT2D eigenvalue weighted by molar-refractivity contribution is -0.139. The Bertz CT molecular complexity index is 372. The van der Waals surface area contributed by atoms with E-state index in [-0.39, 0.29) is 11.9 Å². The van der Waals surface area contributed by atoms with E-state index in [2.05, 4.69) is 5.32 Å². The minimum atomic E-state index is -0.0941. The van der Waals surface area contributed by atoms with Crippen LogP contribution >= 0.6 is 11.8 Å². The van der Waals surface area contributed by atoms with E-state index < -0.39 is 0 Å². The van der Waals surface area contributed by atoms with E-state index in [9.17, 15) is 4.79 Å². The van der Waals surface area contributed by atoms with Gasteiger partial charge in [-0.2, -0.15) is 0 Å². The number of piperidine rings is 1. The van der Waals surface area contributed by atoms with Crippen molar-refractivity contribution in [3.63, 3.8) is 0 Å². The Labute approximate surface area is 106 Å². The van der Waals surface area contributed by atoms with Crippen LogP contribution in [0, 0.1) is 5.92 Å². The second kappa shape index (κ2) is 6.07. The Kier molecular flexibility index (Phi) is 4.45. The standard InChI is InChI=1S/C13H17NO2S/c1-17-12-4-2-11(3-5-12)16-13(15)10-6-8-14-9-7-10/h2-5,10,14H,6-9H2,1H3. The van der Waals surface area contributed by atoms with Crippen LogP contribution in [0.2, 0.25) is 0 Å². The number of benzene rings is 1. The van der Waals surface area contributed by atoms with E-state index >= 15 is 0 Å². The van der Waals surface area contributed by atoms with Crippen molar-refractivity contribution in [2.75, 3.05) is 19.3 Å². The first-order chi connectivity index (χ1) is 8.29. The van der Waals surface area contributed by atoms with Crippen molar-refractivity contribution in [2.24, 2.45) is 5.92 Å². The minimum Gasteiger partial charge on any atom is -0.426 e. The summed E-state index contributed by atoms with van der Waals surface area (Å²) >= 11 is 1.68. The lowest BCUT2D eigenvalue weighted by atomic mass is 9.98. The number of hydrogen-bond donors (Lipinski definition) is 1. The van der Waals surface area contributed by atoms with Crippen molar-refractivity contribution in [1.29, 1.82) is 0 Å². The highest BCUT2D eigenvalue weighted by Crippen LogP contribution is 2.21. The summed E-state index contributed by atoms with van der Waals surface area (Å²) < 4.78 is 5.38.